The minimum Gasteiger partial charge on any atom is -0.496 e. The van der Waals surface area contributed by atoms with Crippen LogP contribution in [0.4, 0.5) is 4.39 Å². The Morgan fingerprint density at radius 2 is 2.00 bits per heavy atom. The van der Waals surface area contributed by atoms with Crippen LogP contribution in [0.25, 0.3) is 0 Å². The molecule has 0 atom stereocenters. The van der Waals surface area contributed by atoms with E-state index < -0.39 is 5.82 Å². The monoisotopic (exact) mass is 377 g/mol. The Balaban J connectivity index is 1.84. The predicted molar refractivity (Wildman–Crippen MR) is 98.5 cm³/mol. The molecular weight excluding hydrogens is 357 g/mol. The molecule has 1 fully saturated rings. The molecular formula is C20H21ClFNO3. The Morgan fingerprint density at radius 3 is 2.69 bits per heavy atom. The van der Waals surface area contributed by atoms with Gasteiger partial charge in [-0.3, -0.25) is 4.79 Å². The normalized spacial score (nSPS) is 16.1. The van der Waals surface area contributed by atoms with Crippen molar-refractivity contribution in [1.82, 2.24) is 5.32 Å². The van der Waals surface area contributed by atoms with Crippen molar-refractivity contribution in [2.45, 2.75) is 18.3 Å². The first-order valence-corrected chi connectivity index (χ1v) is 8.88. The average molecular weight is 378 g/mol. The number of halogens is 2. The van der Waals surface area contributed by atoms with E-state index in [1.165, 1.54) is 12.1 Å². The third-order valence-electron chi connectivity index (χ3n) is 4.89. The van der Waals surface area contributed by atoms with Gasteiger partial charge in [0, 0.05) is 30.7 Å². The standard InChI is InChI=1S/C20H21ClFNO3/c1-25-18-5-3-2-4-16(18)20(8-10-26-11-9-20)13-23-19(24)15-7-6-14(22)12-17(15)21/h2-7,12H,8-11,13H2,1H3,(H,23,24). The molecule has 0 aliphatic carbocycles. The molecule has 0 unspecified atom stereocenters. The van der Waals surface area contributed by atoms with E-state index in [2.05, 4.69) is 5.32 Å². The summed E-state index contributed by atoms with van der Waals surface area (Å²) in [4.78, 5) is 12.6. The zero-order valence-electron chi connectivity index (χ0n) is 14.6. The smallest absolute Gasteiger partial charge is 0.252 e. The van der Waals surface area contributed by atoms with E-state index in [0.717, 1.165) is 30.2 Å². The van der Waals surface area contributed by atoms with Crippen molar-refractivity contribution < 1.29 is 18.7 Å². The maximum atomic E-state index is 13.2. The minimum absolute atomic E-state index is 0.0980. The molecule has 0 bridgehead atoms. The zero-order valence-corrected chi connectivity index (χ0v) is 15.3. The van der Waals surface area contributed by atoms with Crippen molar-refractivity contribution in [1.29, 1.82) is 0 Å². The summed E-state index contributed by atoms with van der Waals surface area (Å²) in [7, 11) is 1.64. The summed E-state index contributed by atoms with van der Waals surface area (Å²) in [5.41, 5.74) is 1.03. The Kier molecular flexibility index (Phi) is 5.79. The lowest BCUT2D eigenvalue weighted by molar-refractivity contribution is 0.0479. The van der Waals surface area contributed by atoms with Crippen LogP contribution in [0.15, 0.2) is 42.5 Å². The Hall–Kier alpha value is -2.11. The minimum atomic E-state index is -0.471. The molecule has 1 heterocycles. The van der Waals surface area contributed by atoms with Gasteiger partial charge in [0.05, 0.1) is 17.7 Å². The summed E-state index contributed by atoms with van der Waals surface area (Å²) < 4.78 is 24.3. The molecule has 6 heteroatoms. The second kappa shape index (κ2) is 8.06. The van der Waals surface area contributed by atoms with Gasteiger partial charge in [0.25, 0.3) is 5.91 Å². The number of para-hydroxylation sites is 1. The number of hydrogen-bond acceptors (Lipinski definition) is 3. The number of nitrogens with one attached hydrogen (secondary N) is 1. The first kappa shape index (κ1) is 18.7. The molecule has 2 aromatic carbocycles. The zero-order chi connectivity index (χ0) is 18.6. The SMILES string of the molecule is COc1ccccc1C1(CNC(=O)c2ccc(F)cc2Cl)CCOCC1. The highest BCUT2D eigenvalue weighted by Gasteiger charge is 2.37. The summed E-state index contributed by atoms with van der Waals surface area (Å²) in [5.74, 6) is 0.000648. The molecule has 4 nitrogen and oxygen atoms in total. The van der Waals surface area contributed by atoms with E-state index >= 15 is 0 Å². The number of rotatable bonds is 5. The van der Waals surface area contributed by atoms with E-state index in [4.69, 9.17) is 21.1 Å². The summed E-state index contributed by atoms with van der Waals surface area (Å²) in [6, 6.07) is 11.6. The number of hydrogen-bond donors (Lipinski definition) is 1. The molecule has 1 aliphatic rings. The molecule has 0 spiro atoms. The van der Waals surface area contributed by atoms with Crippen LogP contribution in [-0.4, -0.2) is 32.8 Å². The molecule has 0 radical (unpaired) electrons. The van der Waals surface area contributed by atoms with Gasteiger partial charge in [-0.1, -0.05) is 29.8 Å². The maximum absolute atomic E-state index is 13.2. The molecule has 138 valence electrons. The second-order valence-corrected chi connectivity index (χ2v) is 6.81. The van der Waals surface area contributed by atoms with Crippen molar-refractivity contribution in [3.8, 4) is 5.75 Å². The van der Waals surface area contributed by atoms with Gasteiger partial charge in [-0.05, 0) is 37.1 Å². The lowest BCUT2D eigenvalue weighted by atomic mass is 9.73. The first-order chi connectivity index (χ1) is 12.6. The fourth-order valence-electron chi connectivity index (χ4n) is 3.40. The molecule has 3 rings (SSSR count). The van der Waals surface area contributed by atoms with Crippen LogP contribution in [0.3, 0.4) is 0 Å². The van der Waals surface area contributed by atoms with E-state index in [-0.39, 0.29) is 21.9 Å². The topological polar surface area (TPSA) is 47.6 Å². The summed E-state index contributed by atoms with van der Waals surface area (Å²) in [6.07, 6.45) is 1.54. The lowest BCUT2D eigenvalue weighted by Gasteiger charge is -2.38. The molecule has 1 aliphatic heterocycles. The van der Waals surface area contributed by atoms with E-state index in [1.807, 2.05) is 24.3 Å². The van der Waals surface area contributed by atoms with Crippen molar-refractivity contribution in [3.05, 3.63) is 64.4 Å². The molecule has 1 amide bonds. The Labute approximate surface area is 157 Å². The van der Waals surface area contributed by atoms with Gasteiger partial charge in [-0.25, -0.2) is 4.39 Å². The molecule has 0 aromatic heterocycles. The van der Waals surface area contributed by atoms with Gasteiger partial charge in [0.15, 0.2) is 0 Å². The highest BCUT2D eigenvalue weighted by Crippen LogP contribution is 2.39. The predicted octanol–water partition coefficient (Wildman–Crippen LogP) is 3.97. The van der Waals surface area contributed by atoms with Crippen LogP contribution in [0.1, 0.15) is 28.8 Å². The summed E-state index contributed by atoms with van der Waals surface area (Å²) in [5, 5.41) is 3.06. The van der Waals surface area contributed by atoms with E-state index in [0.29, 0.717) is 19.8 Å². The second-order valence-electron chi connectivity index (χ2n) is 6.40. The highest BCUT2D eigenvalue weighted by atomic mass is 35.5. The lowest BCUT2D eigenvalue weighted by Crippen LogP contribution is -2.44. The number of carbonyl (C=O) groups excluding carboxylic acids is 1. The van der Waals surface area contributed by atoms with Crippen molar-refractivity contribution in [2.24, 2.45) is 0 Å². The van der Waals surface area contributed by atoms with Crippen LogP contribution in [0, 0.1) is 5.82 Å². The van der Waals surface area contributed by atoms with Crippen molar-refractivity contribution in [2.75, 3.05) is 26.9 Å². The largest absolute Gasteiger partial charge is 0.496 e. The molecule has 0 saturated carbocycles. The average Bonchev–Trinajstić information content (AvgIpc) is 2.67. The number of amides is 1. The third kappa shape index (κ3) is 3.84. The number of ether oxygens (including phenoxy) is 2. The fraction of sp³-hybridized carbons (Fsp3) is 0.350. The van der Waals surface area contributed by atoms with Gasteiger partial charge < -0.3 is 14.8 Å². The number of methoxy groups -OCH3 is 1. The molecule has 1 saturated heterocycles. The first-order valence-electron chi connectivity index (χ1n) is 8.50. The Morgan fingerprint density at radius 1 is 1.27 bits per heavy atom. The van der Waals surface area contributed by atoms with E-state index in [1.54, 1.807) is 7.11 Å². The van der Waals surface area contributed by atoms with Crippen LogP contribution >= 0.6 is 11.6 Å². The van der Waals surface area contributed by atoms with Crippen LogP contribution in [0.5, 0.6) is 5.75 Å². The van der Waals surface area contributed by atoms with Crippen LogP contribution < -0.4 is 10.1 Å². The van der Waals surface area contributed by atoms with E-state index in [9.17, 15) is 9.18 Å². The Bertz CT molecular complexity index is 790. The van der Waals surface area contributed by atoms with Gasteiger partial charge in [0.1, 0.15) is 11.6 Å². The summed E-state index contributed by atoms with van der Waals surface area (Å²) >= 11 is 6.00. The quantitative estimate of drug-likeness (QED) is 0.857. The number of benzene rings is 2. The van der Waals surface area contributed by atoms with Gasteiger partial charge in [-0.2, -0.15) is 0 Å². The van der Waals surface area contributed by atoms with Crippen molar-refractivity contribution >= 4 is 17.5 Å². The van der Waals surface area contributed by atoms with Crippen LogP contribution in [-0.2, 0) is 10.2 Å². The van der Waals surface area contributed by atoms with Crippen LogP contribution in [0.2, 0.25) is 5.02 Å². The third-order valence-corrected chi connectivity index (χ3v) is 5.20. The van der Waals surface area contributed by atoms with Gasteiger partial charge in [0.2, 0.25) is 0 Å². The molecule has 2 aromatic rings. The summed E-state index contributed by atoms with van der Waals surface area (Å²) in [6.45, 7) is 1.65. The van der Waals surface area contributed by atoms with Gasteiger partial charge in [-0.15, -0.1) is 0 Å². The molecule has 1 N–H and O–H groups in total. The highest BCUT2D eigenvalue weighted by molar-refractivity contribution is 6.33. The fourth-order valence-corrected chi connectivity index (χ4v) is 3.66. The molecule has 26 heavy (non-hydrogen) atoms. The maximum Gasteiger partial charge on any atom is 0.252 e. The van der Waals surface area contributed by atoms with Gasteiger partial charge >= 0.3 is 0 Å². The van der Waals surface area contributed by atoms with Crippen molar-refractivity contribution in [3.63, 3.8) is 0 Å². The number of carbonyl (C=O) groups is 1.